The van der Waals surface area contributed by atoms with E-state index < -0.39 is 0 Å². The number of hydrogen-bond acceptors (Lipinski definition) is 5. The molecule has 0 atom stereocenters. The van der Waals surface area contributed by atoms with E-state index in [1.165, 1.54) is 0 Å². The fraction of sp³-hybridized carbons (Fsp3) is 0.643. The van der Waals surface area contributed by atoms with E-state index in [9.17, 15) is 4.79 Å². The molecule has 0 aromatic carbocycles. The number of amides is 1. The lowest BCUT2D eigenvalue weighted by molar-refractivity contribution is -0.118. The van der Waals surface area contributed by atoms with Gasteiger partial charge < -0.3 is 14.5 Å². The van der Waals surface area contributed by atoms with E-state index in [2.05, 4.69) is 32.5 Å². The first-order valence-electron chi connectivity index (χ1n) is 7.23. The Morgan fingerprint density at radius 3 is 2.90 bits per heavy atom. The minimum Gasteiger partial charge on any atom is -0.381 e. The molecule has 3 heterocycles. The number of fused-ring (bicyclic) bond motifs is 1. The lowest BCUT2D eigenvalue weighted by atomic mass is 10.1. The van der Waals surface area contributed by atoms with Crippen LogP contribution in [0.4, 0.5) is 11.5 Å². The second-order valence-corrected chi connectivity index (χ2v) is 6.13. The Morgan fingerprint density at radius 1 is 1.43 bits per heavy atom. The van der Waals surface area contributed by atoms with Crippen molar-refractivity contribution < 1.29 is 9.53 Å². The molecule has 1 saturated heterocycles. The highest BCUT2D eigenvalue weighted by Crippen LogP contribution is 2.33. The molecule has 0 bridgehead atoms. The Bertz CT molecular complexity index is 534. The van der Waals surface area contributed by atoms with Crippen molar-refractivity contribution in [3.63, 3.8) is 0 Å². The summed E-state index contributed by atoms with van der Waals surface area (Å²) in [6, 6.07) is 0.397. The van der Waals surface area contributed by atoms with Crippen molar-refractivity contribution in [2.24, 2.45) is 0 Å². The minimum atomic E-state index is 0.122. The topological polar surface area (TPSA) is 58.6 Å². The number of hydrogen-bond donors (Lipinski definition) is 0. The second-order valence-electron chi connectivity index (χ2n) is 5.37. The molecule has 114 valence electrons. The monoisotopic (exact) mass is 402 g/mol. The number of anilines is 2. The lowest BCUT2D eigenvalue weighted by Gasteiger charge is -2.35. The van der Waals surface area contributed by atoms with Gasteiger partial charge in [0.15, 0.2) is 5.82 Å². The van der Waals surface area contributed by atoms with Gasteiger partial charge in [-0.15, -0.1) is 0 Å². The average Bonchev–Trinajstić information content (AvgIpc) is 2.66. The number of carbonyl (C=O) groups is 1. The van der Waals surface area contributed by atoms with Crippen LogP contribution >= 0.6 is 22.6 Å². The summed E-state index contributed by atoms with van der Waals surface area (Å²) in [5, 5.41) is 0. The van der Waals surface area contributed by atoms with Gasteiger partial charge in [0, 0.05) is 39.3 Å². The molecule has 1 aromatic rings. The normalized spacial score (nSPS) is 20.4. The van der Waals surface area contributed by atoms with Crippen molar-refractivity contribution in [2.75, 3.05) is 36.6 Å². The maximum Gasteiger partial charge on any atom is 0.228 e. The van der Waals surface area contributed by atoms with Gasteiger partial charge >= 0.3 is 0 Å². The predicted molar refractivity (Wildman–Crippen MR) is 89.0 cm³/mol. The van der Waals surface area contributed by atoms with Crippen LogP contribution in [0.1, 0.15) is 25.1 Å². The summed E-state index contributed by atoms with van der Waals surface area (Å²) in [5.41, 5.74) is 0.817. The third-order valence-corrected chi connectivity index (χ3v) is 4.81. The largest absolute Gasteiger partial charge is 0.381 e. The van der Waals surface area contributed by atoms with Crippen LogP contribution < -0.4 is 9.80 Å². The Kier molecular flexibility index (Phi) is 4.58. The van der Waals surface area contributed by atoms with Crippen LogP contribution in [0.25, 0.3) is 0 Å². The molecular formula is C14H19IN4O2. The van der Waals surface area contributed by atoms with Crippen LogP contribution in [0.3, 0.4) is 0 Å². The van der Waals surface area contributed by atoms with Gasteiger partial charge in [-0.2, -0.15) is 0 Å². The van der Waals surface area contributed by atoms with Gasteiger partial charge in [0.2, 0.25) is 5.91 Å². The van der Waals surface area contributed by atoms with Gasteiger partial charge in [0.05, 0.1) is 10.6 Å². The highest BCUT2D eigenvalue weighted by atomic mass is 127. The molecule has 0 saturated carbocycles. The number of nitrogens with zero attached hydrogens (tertiary/aromatic N) is 4. The molecule has 7 heteroatoms. The highest BCUT2D eigenvalue weighted by Gasteiger charge is 2.30. The molecule has 2 aliphatic rings. The van der Waals surface area contributed by atoms with Crippen LogP contribution in [-0.4, -0.2) is 48.7 Å². The fourth-order valence-electron chi connectivity index (χ4n) is 2.89. The van der Waals surface area contributed by atoms with E-state index >= 15 is 0 Å². The van der Waals surface area contributed by atoms with Crippen LogP contribution in [0.2, 0.25) is 0 Å². The van der Waals surface area contributed by atoms with Gasteiger partial charge in [-0.05, 0) is 12.8 Å². The second kappa shape index (κ2) is 6.43. The number of ether oxygens (including phenoxy) is 1. The quantitative estimate of drug-likeness (QED) is 0.558. The lowest BCUT2D eigenvalue weighted by Crippen LogP contribution is -2.40. The summed E-state index contributed by atoms with van der Waals surface area (Å²) in [6.45, 7) is 2.29. The van der Waals surface area contributed by atoms with E-state index in [0.29, 0.717) is 12.5 Å². The molecule has 2 aliphatic heterocycles. The molecule has 1 aromatic heterocycles. The number of halogens is 1. The molecule has 3 rings (SSSR count). The number of alkyl halides is 1. The summed E-state index contributed by atoms with van der Waals surface area (Å²) < 4.78 is 6.23. The van der Waals surface area contributed by atoms with Gasteiger partial charge in [0.25, 0.3) is 0 Å². The van der Waals surface area contributed by atoms with Gasteiger partial charge in [-0.25, -0.2) is 9.97 Å². The van der Waals surface area contributed by atoms with Crippen LogP contribution in [0.15, 0.2) is 6.20 Å². The third-order valence-electron chi connectivity index (χ3n) is 4.13. The Morgan fingerprint density at radius 2 is 2.19 bits per heavy atom. The van der Waals surface area contributed by atoms with Gasteiger partial charge in [-0.3, -0.25) is 4.79 Å². The first kappa shape index (κ1) is 15.0. The van der Waals surface area contributed by atoms with Crippen molar-refractivity contribution in [3.05, 3.63) is 12.0 Å². The third kappa shape index (κ3) is 2.98. The molecular weight excluding hydrogens is 383 g/mol. The van der Waals surface area contributed by atoms with Gasteiger partial charge in [-0.1, -0.05) is 22.6 Å². The van der Waals surface area contributed by atoms with Crippen molar-refractivity contribution in [2.45, 2.75) is 29.7 Å². The van der Waals surface area contributed by atoms with Crippen LogP contribution in [0.5, 0.6) is 0 Å². The zero-order chi connectivity index (χ0) is 14.8. The van der Waals surface area contributed by atoms with Crippen molar-refractivity contribution in [1.82, 2.24) is 9.97 Å². The summed E-state index contributed by atoms with van der Waals surface area (Å²) in [6.07, 6.45) is 4.28. The molecule has 1 fully saturated rings. The van der Waals surface area contributed by atoms with E-state index in [1.54, 1.807) is 11.1 Å². The Hall–Kier alpha value is -0.960. The zero-order valence-electron chi connectivity index (χ0n) is 12.1. The molecule has 21 heavy (non-hydrogen) atoms. The first-order chi connectivity index (χ1) is 10.2. The molecule has 1 amide bonds. The smallest absolute Gasteiger partial charge is 0.228 e. The Labute approximate surface area is 138 Å². The SMILES string of the molecule is CN1C(=O)CCN(C2CCOCC2)c2nc(CI)ncc21. The van der Waals surface area contributed by atoms with E-state index in [-0.39, 0.29) is 5.91 Å². The maximum atomic E-state index is 12.2. The summed E-state index contributed by atoms with van der Waals surface area (Å²) in [5.74, 6) is 1.84. The van der Waals surface area contributed by atoms with Crippen molar-refractivity contribution >= 4 is 40.0 Å². The summed E-state index contributed by atoms with van der Waals surface area (Å²) in [7, 11) is 1.81. The molecule has 0 spiro atoms. The van der Waals surface area contributed by atoms with Gasteiger partial charge in [0.1, 0.15) is 11.5 Å². The number of aromatic nitrogens is 2. The fourth-order valence-corrected chi connectivity index (χ4v) is 3.26. The molecule has 0 aliphatic carbocycles. The summed E-state index contributed by atoms with van der Waals surface area (Å²) >= 11 is 2.26. The highest BCUT2D eigenvalue weighted by molar-refractivity contribution is 14.1. The summed E-state index contributed by atoms with van der Waals surface area (Å²) in [4.78, 5) is 25.2. The average molecular weight is 402 g/mol. The van der Waals surface area contributed by atoms with E-state index in [1.807, 2.05) is 7.05 Å². The standard InChI is InChI=1S/C14H19IN4O2/c1-18-11-9-16-12(8-15)17-14(11)19(5-2-13(18)20)10-3-6-21-7-4-10/h9-10H,2-8H2,1H3. The van der Waals surface area contributed by atoms with Crippen LogP contribution in [0, 0.1) is 0 Å². The molecule has 0 N–H and O–H groups in total. The first-order valence-corrected chi connectivity index (χ1v) is 8.76. The van der Waals surface area contributed by atoms with Crippen molar-refractivity contribution in [1.29, 1.82) is 0 Å². The number of carbonyl (C=O) groups excluding carboxylic acids is 1. The number of rotatable bonds is 2. The predicted octanol–water partition coefficient (Wildman–Crippen LogP) is 1.76. The Balaban J connectivity index is 2.01. The molecule has 0 unspecified atom stereocenters. The van der Waals surface area contributed by atoms with Crippen LogP contribution in [-0.2, 0) is 14.0 Å². The molecule has 0 radical (unpaired) electrons. The minimum absolute atomic E-state index is 0.122. The van der Waals surface area contributed by atoms with E-state index in [0.717, 1.165) is 54.4 Å². The van der Waals surface area contributed by atoms with E-state index in [4.69, 9.17) is 9.72 Å². The molecule has 6 nitrogen and oxygen atoms in total. The van der Waals surface area contributed by atoms with Crippen molar-refractivity contribution in [3.8, 4) is 0 Å². The zero-order valence-corrected chi connectivity index (χ0v) is 14.2. The maximum absolute atomic E-state index is 12.2.